The van der Waals surface area contributed by atoms with Crippen molar-refractivity contribution in [3.05, 3.63) is 0 Å². The fourth-order valence-corrected chi connectivity index (χ4v) is 1.35. The number of aliphatic carboxylic acids is 1. The Morgan fingerprint density at radius 1 is 1.47 bits per heavy atom. The number of nitrogens with one attached hydrogen (secondary N) is 2. The predicted octanol–water partition coefficient (Wildman–Crippen LogP) is -2.04. The second-order valence-corrected chi connectivity index (χ2v) is 3.63. The molecule has 1 rings (SSSR count). The van der Waals surface area contributed by atoms with Crippen LogP contribution in [-0.2, 0) is 9.59 Å². The number of hydrogen-bond donors (Lipinski definition) is 4. The van der Waals surface area contributed by atoms with Gasteiger partial charge in [-0.3, -0.25) is 4.79 Å². The molecule has 1 atom stereocenters. The van der Waals surface area contributed by atoms with Crippen molar-refractivity contribution in [2.24, 2.45) is 0 Å². The summed E-state index contributed by atoms with van der Waals surface area (Å²) in [6, 6.07) is -0.484. The van der Waals surface area contributed by atoms with Gasteiger partial charge in [0, 0.05) is 26.1 Å². The van der Waals surface area contributed by atoms with E-state index in [1.54, 1.807) is 0 Å². The summed E-state index contributed by atoms with van der Waals surface area (Å²) >= 11 is 0. The number of carboxylic acid groups (broad SMARTS) is 1. The first-order valence-corrected chi connectivity index (χ1v) is 5.21. The summed E-state index contributed by atoms with van der Waals surface area (Å²) in [5.41, 5.74) is 0. The Labute approximate surface area is 97.6 Å². The first kappa shape index (κ1) is 13.2. The zero-order valence-corrected chi connectivity index (χ0v) is 9.18. The van der Waals surface area contributed by atoms with Gasteiger partial charge in [-0.25, -0.2) is 9.59 Å². The van der Waals surface area contributed by atoms with Crippen LogP contribution >= 0.6 is 0 Å². The summed E-state index contributed by atoms with van der Waals surface area (Å²) < 4.78 is 0. The molecule has 0 spiro atoms. The molecule has 1 aliphatic heterocycles. The van der Waals surface area contributed by atoms with E-state index in [0.29, 0.717) is 13.1 Å². The largest absolute Gasteiger partial charge is 0.479 e. The average Bonchev–Trinajstić information content (AvgIpc) is 2.50. The van der Waals surface area contributed by atoms with Crippen LogP contribution in [0.3, 0.4) is 0 Å². The molecule has 1 fully saturated rings. The van der Waals surface area contributed by atoms with Gasteiger partial charge in [-0.15, -0.1) is 0 Å². The van der Waals surface area contributed by atoms with E-state index in [1.807, 2.05) is 0 Å². The summed E-state index contributed by atoms with van der Waals surface area (Å²) in [4.78, 5) is 34.3. The summed E-state index contributed by atoms with van der Waals surface area (Å²) in [6.45, 7) is 0.654. The molecule has 96 valence electrons. The second-order valence-electron chi connectivity index (χ2n) is 3.63. The third kappa shape index (κ3) is 4.27. The van der Waals surface area contributed by atoms with E-state index in [1.165, 1.54) is 4.90 Å². The van der Waals surface area contributed by atoms with Gasteiger partial charge < -0.3 is 25.7 Å². The lowest BCUT2D eigenvalue weighted by molar-refractivity contribution is -0.146. The Morgan fingerprint density at radius 2 is 2.18 bits per heavy atom. The molecule has 0 aromatic heterocycles. The number of urea groups is 1. The van der Waals surface area contributed by atoms with Crippen LogP contribution in [0, 0.1) is 0 Å². The van der Waals surface area contributed by atoms with Crippen molar-refractivity contribution in [2.45, 2.75) is 12.5 Å². The monoisotopic (exact) mass is 245 g/mol. The van der Waals surface area contributed by atoms with Gasteiger partial charge in [-0.2, -0.15) is 0 Å². The minimum atomic E-state index is -1.62. The number of aliphatic hydroxyl groups is 1. The van der Waals surface area contributed by atoms with Crippen molar-refractivity contribution >= 4 is 17.9 Å². The lowest BCUT2D eigenvalue weighted by Crippen LogP contribution is -2.45. The van der Waals surface area contributed by atoms with Gasteiger partial charge in [0.15, 0.2) is 6.10 Å². The Bertz CT molecular complexity index is 320. The highest BCUT2D eigenvalue weighted by Crippen LogP contribution is 1.97. The number of aliphatic hydroxyl groups excluding tert-OH is 1. The molecule has 8 nitrogen and oxygen atoms in total. The van der Waals surface area contributed by atoms with Crippen LogP contribution < -0.4 is 10.6 Å². The minimum absolute atomic E-state index is 0.120. The van der Waals surface area contributed by atoms with Gasteiger partial charge in [-0.1, -0.05) is 0 Å². The highest BCUT2D eigenvalue weighted by atomic mass is 16.4. The Kier molecular flexibility index (Phi) is 4.70. The number of carbonyl (C=O) groups is 3. The third-order valence-corrected chi connectivity index (χ3v) is 2.33. The highest BCUT2D eigenvalue weighted by Gasteiger charge is 2.20. The van der Waals surface area contributed by atoms with Gasteiger partial charge in [0.1, 0.15) is 0 Å². The van der Waals surface area contributed by atoms with E-state index in [-0.39, 0.29) is 25.4 Å². The predicted molar refractivity (Wildman–Crippen MR) is 56.2 cm³/mol. The van der Waals surface area contributed by atoms with E-state index in [0.717, 1.165) is 0 Å². The number of hydrogen-bond acceptors (Lipinski definition) is 4. The number of amides is 3. The maximum Gasteiger partial charge on any atom is 0.334 e. The maximum atomic E-state index is 11.6. The van der Waals surface area contributed by atoms with Gasteiger partial charge >= 0.3 is 12.0 Å². The van der Waals surface area contributed by atoms with Gasteiger partial charge in [0.05, 0.1) is 6.54 Å². The average molecular weight is 245 g/mol. The zero-order valence-electron chi connectivity index (χ0n) is 9.18. The molecular weight excluding hydrogens is 230 g/mol. The van der Waals surface area contributed by atoms with E-state index in [9.17, 15) is 14.4 Å². The quantitative estimate of drug-likeness (QED) is 0.457. The summed E-state index contributed by atoms with van der Waals surface area (Å²) in [5.74, 6) is -1.51. The molecule has 0 saturated carbocycles. The lowest BCUT2D eigenvalue weighted by Gasteiger charge is -2.20. The first-order chi connectivity index (χ1) is 8.00. The van der Waals surface area contributed by atoms with Crippen molar-refractivity contribution < 1.29 is 24.6 Å². The molecule has 0 aromatic carbocycles. The highest BCUT2D eigenvalue weighted by molar-refractivity contribution is 5.80. The van der Waals surface area contributed by atoms with Crippen LogP contribution in [0.5, 0.6) is 0 Å². The lowest BCUT2D eigenvalue weighted by atomic mass is 10.3. The van der Waals surface area contributed by atoms with E-state index < -0.39 is 18.1 Å². The Balaban J connectivity index is 2.36. The molecular formula is C9H15N3O5. The Morgan fingerprint density at radius 3 is 2.82 bits per heavy atom. The fourth-order valence-electron chi connectivity index (χ4n) is 1.35. The molecule has 4 N–H and O–H groups in total. The molecule has 1 aliphatic rings. The molecule has 17 heavy (non-hydrogen) atoms. The molecule has 8 heteroatoms. The number of carboxylic acids is 1. The van der Waals surface area contributed by atoms with Crippen LogP contribution in [0.25, 0.3) is 0 Å². The zero-order chi connectivity index (χ0) is 12.8. The minimum Gasteiger partial charge on any atom is -0.479 e. The molecule has 1 saturated heterocycles. The molecule has 0 unspecified atom stereocenters. The van der Waals surface area contributed by atoms with Crippen molar-refractivity contribution in [1.29, 1.82) is 0 Å². The smallest absolute Gasteiger partial charge is 0.334 e. The number of nitrogens with zero attached hydrogens (tertiary/aromatic N) is 1. The molecule has 3 amide bonds. The van der Waals surface area contributed by atoms with Crippen LogP contribution in [0.2, 0.25) is 0 Å². The SMILES string of the molecule is O=C1CCN(C(=O)NC[C@H](O)C(=O)O)CCN1. The van der Waals surface area contributed by atoms with Crippen molar-refractivity contribution in [3.8, 4) is 0 Å². The van der Waals surface area contributed by atoms with Crippen LogP contribution in [0.1, 0.15) is 6.42 Å². The van der Waals surface area contributed by atoms with Gasteiger partial charge in [0.2, 0.25) is 5.91 Å². The number of rotatable bonds is 3. The molecule has 0 radical (unpaired) electrons. The summed E-state index contributed by atoms with van der Waals surface area (Å²) in [6.07, 6.45) is -1.40. The second kappa shape index (κ2) is 6.04. The molecule has 0 bridgehead atoms. The molecule has 0 aromatic rings. The molecule has 1 heterocycles. The topological polar surface area (TPSA) is 119 Å². The van der Waals surface area contributed by atoms with Crippen LogP contribution in [-0.4, -0.2) is 65.3 Å². The standard InChI is InChI=1S/C9H15N3O5/c13-6(8(15)16)5-11-9(17)12-3-1-7(14)10-2-4-12/h6,13H,1-5H2,(H,10,14)(H,11,17)(H,15,16)/t6-/m0/s1. The van der Waals surface area contributed by atoms with Crippen molar-refractivity contribution in [3.63, 3.8) is 0 Å². The van der Waals surface area contributed by atoms with Crippen molar-refractivity contribution in [1.82, 2.24) is 15.5 Å². The summed E-state index contributed by atoms with van der Waals surface area (Å²) in [7, 11) is 0. The summed E-state index contributed by atoms with van der Waals surface area (Å²) in [5, 5.41) is 22.3. The third-order valence-electron chi connectivity index (χ3n) is 2.33. The molecule has 0 aliphatic carbocycles. The maximum absolute atomic E-state index is 11.6. The number of carbonyl (C=O) groups excluding carboxylic acids is 2. The Hall–Kier alpha value is -1.83. The van der Waals surface area contributed by atoms with Gasteiger partial charge in [-0.05, 0) is 0 Å². The van der Waals surface area contributed by atoms with Crippen LogP contribution in [0.15, 0.2) is 0 Å². The van der Waals surface area contributed by atoms with E-state index in [4.69, 9.17) is 10.2 Å². The van der Waals surface area contributed by atoms with E-state index in [2.05, 4.69) is 10.6 Å². The normalized spacial score (nSPS) is 17.9. The van der Waals surface area contributed by atoms with Crippen LogP contribution in [0.4, 0.5) is 4.79 Å². The first-order valence-electron chi connectivity index (χ1n) is 5.21. The van der Waals surface area contributed by atoms with Gasteiger partial charge in [0.25, 0.3) is 0 Å². The van der Waals surface area contributed by atoms with Crippen molar-refractivity contribution in [2.75, 3.05) is 26.2 Å². The van der Waals surface area contributed by atoms with E-state index >= 15 is 0 Å². The fraction of sp³-hybridized carbons (Fsp3) is 0.667.